The van der Waals surface area contributed by atoms with Crippen molar-refractivity contribution in [2.45, 2.75) is 33.1 Å². The molecule has 0 aliphatic rings. The zero-order valence-electron chi connectivity index (χ0n) is 12.1. The zero-order valence-corrected chi connectivity index (χ0v) is 13.7. The molecule has 20 heavy (non-hydrogen) atoms. The van der Waals surface area contributed by atoms with Crippen LogP contribution in [0.3, 0.4) is 0 Å². The Kier molecular flexibility index (Phi) is 6.33. The number of carboxylic acids is 1. The van der Waals surface area contributed by atoms with E-state index in [9.17, 15) is 4.79 Å². The summed E-state index contributed by atoms with van der Waals surface area (Å²) in [4.78, 5) is 11.0. The Morgan fingerprint density at radius 2 is 2.05 bits per heavy atom. The van der Waals surface area contributed by atoms with Crippen molar-refractivity contribution in [3.05, 3.63) is 22.7 Å². The number of hydrogen-bond donors (Lipinski definition) is 1. The summed E-state index contributed by atoms with van der Waals surface area (Å²) in [6.45, 7) is 4.06. The minimum atomic E-state index is -0.753. The smallest absolute Gasteiger partial charge is 0.309 e. The van der Waals surface area contributed by atoms with E-state index in [1.165, 1.54) is 0 Å². The second-order valence-corrected chi connectivity index (χ2v) is 6.15. The molecule has 0 heterocycles. The molecule has 0 spiro atoms. The average Bonchev–Trinajstić information content (AvgIpc) is 2.39. The molecule has 1 aromatic rings. The molecule has 0 fully saturated rings. The van der Waals surface area contributed by atoms with E-state index in [-0.39, 0.29) is 0 Å². The Bertz CT molecular complexity index is 457. The van der Waals surface area contributed by atoms with E-state index >= 15 is 0 Å². The second kappa shape index (κ2) is 7.53. The van der Waals surface area contributed by atoms with Crippen LogP contribution in [0.1, 0.15) is 33.1 Å². The van der Waals surface area contributed by atoms with Crippen molar-refractivity contribution in [3.8, 4) is 11.5 Å². The van der Waals surface area contributed by atoms with Crippen LogP contribution in [0.25, 0.3) is 0 Å². The Morgan fingerprint density at radius 1 is 1.35 bits per heavy atom. The van der Waals surface area contributed by atoms with Gasteiger partial charge in [-0.1, -0.05) is 0 Å². The average molecular weight is 345 g/mol. The fourth-order valence-corrected chi connectivity index (χ4v) is 2.16. The third-order valence-corrected chi connectivity index (χ3v) is 3.79. The molecule has 0 radical (unpaired) electrons. The molecule has 0 amide bonds. The van der Waals surface area contributed by atoms with Crippen LogP contribution in [0.5, 0.6) is 11.5 Å². The highest BCUT2D eigenvalue weighted by Crippen LogP contribution is 2.29. The van der Waals surface area contributed by atoms with Gasteiger partial charge in [-0.15, -0.1) is 0 Å². The minimum absolute atomic E-state index is 0.570. The van der Waals surface area contributed by atoms with Gasteiger partial charge in [0.2, 0.25) is 0 Å². The van der Waals surface area contributed by atoms with Gasteiger partial charge in [-0.05, 0) is 67.2 Å². The third kappa shape index (κ3) is 5.04. The van der Waals surface area contributed by atoms with Crippen LogP contribution in [-0.4, -0.2) is 24.8 Å². The Morgan fingerprint density at radius 3 is 2.60 bits per heavy atom. The fourth-order valence-electron chi connectivity index (χ4n) is 1.68. The van der Waals surface area contributed by atoms with E-state index in [0.29, 0.717) is 13.0 Å². The van der Waals surface area contributed by atoms with Crippen molar-refractivity contribution in [1.29, 1.82) is 0 Å². The second-order valence-electron chi connectivity index (χ2n) is 5.29. The zero-order chi connectivity index (χ0) is 15.2. The molecular weight excluding hydrogens is 324 g/mol. The lowest BCUT2D eigenvalue weighted by Gasteiger charge is -2.18. The van der Waals surface area contributed by atoms with Gasteiger partial charge < -0.3 is 14.6 Å². The highest BCUT2D eigenvalue weighted by Gasteiger charge is 2.25. The predicted octanol–water partition coefficient (Wildman–Crippen LogP) is 4.12. The summed E-state index contributed by atoms with van der Waals surface area (Å²) < 4.78 is 11.6. The van der Waals surface area contributed by atoms with Gasteiger partial charge in [-0.25, -0.2) is 0 Å². The molecule has 0 bridgehead atoms. The first-order chi connectivity index (χ1) is 9.36. The summed E-state index contributed by atoms with van der Waals surface area (Å²) in [5.41, 5.74) is -0.666. The molecule has 1 aromatic carbocycles. The van der Waals surface area contributed by atoms with Gasteiger partial charge in [-0.3, -0.25) is 4.79 Å². The van der Waals surface area contributed by atoms with Crippen LogP contribution >= 0.6 is 15.9 Å². The van der Waals surface area contributed by atoms with Crippen LogP contribution in [0.4, 0.5) is 0 Å². The predicted molar refractivity (Wildman–Crippen MR) is 81.5 cm³/mol. The number of halogens is 1. The number of carbonyl (C=O) groups is 1. The van der Waals surface area contributed by atoms with Crippen molar-refractivity contribution >= 4 is 21.9 Å². The first kappa shape index (κ1) is 16.8. The highest BCUT2D eigenvalue weighted by atomic mass is 79.9. The third-order valence-electron chi connectivity index (χ3n) is 3.17. The lowest BCUT2D eigenvalue weighted by atomic mass is 9.87. The molecule has 0 unspecified atom stereocenters. The normalized spacial score (nSPS) is 11.2. The molecule has 1 rings (SSSR count). The number of methoxy groups -OCH3 is 1. The number of unbranched alkanes of at least 4 members (excludes halogenated alkanes) is 1. The van der Waals surface area contributed by atoms with Crippen LogP contribution in [-0.2, 0) is 4.79 Å². The van der Waals surface area contributed by atoms with Gasteiger partial charge in [-0.2, -0.15) is 0 Å². The summed E-state index contributed by atoms with van der Waals surface area (Å²) in [5, 5.41) is 9.01. The first-order valence-electron chi connectivity index (χ1n) is 6.56. The number of carboxylic acid groups (broad SMARTS) is 1. The van der Waals surface area contributed by atoms with Gasteiger partial charge in [0.15, 0.2) is 0 Å². The van der Waals surface area contributed by atoms with Gasteiger partial charge in [0.05, 0.1) is 23.6 Å². The summed E-state index contributed by atoms with van der Waals surface area (Å²) >= 11 is 3.43. The van der Waals surface area contributed by atoms with Crippen molar-refractivity contribution in [2.75, 3.05) is 13.7 Å². The van der Waals surface area contributed by atoms with E-state index in [1.807, 2.05) is 18.2 Å². The van der Waals surface area contributed by atoms with E-state index in [0.717, 1.165) is 28.8 Å². The number of hydrogen-bond acceptors (Lipinski definition) is 3. The number of ether oxygens (including phenoxy) is 2. The number of aliphatic carboxylic acids is 1. The van der Waals surface area contributed by atoms with E-state index in [1.54, 1.807) is 21.0 Å². The molecule has 4 nitrogen and oxygen atoms in total. The molecule has 0 aliphatic heterocycles. The van der Waals surface area contributed by atoms with E-state index in [2.05, 4.69) is 15.9 Å². The lowest BCUT2D eigenvalue weighted by Crippen LogP contribution is -2.23. The maximum Gasteiger partial charge on any atom is 0.309 e. The van der Waals surface area contributed by atoms with Crippen molar-refractivity contribution in [2.24, 2.45) is 5.41 Å². The Hall–Kier alpha value is -1.23. The van der Waals surface area contributed by atoms with Crippen molar-refractivity contribution < 1.29 is 19.4 Å². The topological polar surface area (TPSA) is 55.8 Å². The molecule has 112 valence electrons. The first-order valence-corrected chi connectivity index (χ1v) is 7.36. The van der Waals surface area contributed by atoms with E-state index in [4.69, 9.17) is 14.6 Å². The fraction of sp³-hybridized carbons (Fsp3) is 0.533. The van der Waals surface area contributed by atoms with E-state index < -0.39 is 11.4 Å². The molecule has 0 aliphatic carbocycles. The maximum absolute atomic E-state index is 11.0. The molecule has 0 saturated heterocycles. The Balaban J connectivity index is 2.33. The van der Waals surface area contributed by atoms with Crippen LogP contribution in [0.2, 0.25) is 0 Å². The summed E-state index contributed by atoms with van der Waals surface area (Å²) in [6, 6.07) is 5.54. The lowest BCUT2D eigenvalue weighted by molar-refractivity contribution is -0.147. The molecule has 0 atom stereocenters. The van der Waals surface area contributed by atoms with Gasteiger partial charge >= 0.3 is 5.97 Å². The van der Waals surface area contributed by atoms with Gasteiger partial charge in [0.25, 0.3) is 0 Å². The van der Waals surface area contributed by atoms with Crippen LogP contribution < -0.4 is 9.47 Å². The number of rotatable bonds is 8. The summed E-state index contributed by atoms with van der Waals surface area (Å²) in [7, 11) is 1.62. The maximum atomic E-state index is 11.0. The monoisotopic (exact) mass is 344 g/mol. The standard InChI is InChI=1S/C15H21BrO4/c1-15(2,14(17)18)8-4-5-9-20-13-7-6-11(19-3)10-12(13)16/h6-7,10H,4-5,8-9H2,1-3H3,(H,17,18). The Labute approximate surface area is 128 Å². The SMILES string of the molecule is COc1ccc(OCCCCC(C)(C)C(=O)O)c(Br)c1. The van der Waals surface area contributed by atoms with Gasteiger partial charge in [0, 0.05) is 0 Å². The highest BCUT2D eigenvalue weighted by molar-refractivity contribution is 9.10. The quantitative estimate of drug-likeness (QED) is 0.720. The summed E-state index contributed by atoms with van der Waals surface area (Å²) in [6.07, 6.45) is 2.30. The van der Waals surface area contributed by atoms with Gasteiger partial charge in [0.1, 0.15) is 11.5 Å². The van der Waals surface area contributed by atoms with Crippen molar-refractivity contribution in [3.63, 3.8) is 0 Å². The number of benzene rings is 1. The minimum Gasteiger partial charge on any atom is -0.497 e. The van der Waals surface area contributed by atoms with Crippen molar-refractivity contribution in [1.82, 2.24) is 0 Å². The summed E-state index contributed by atoms with van der Waals surface area (Å²) in [5.74, 6) is 0.784. The van der Waals surface area contributed by atoms with Crippen LogP contribution in [0, 0.1) is 5.41 Å². The molecule has 5 heteroatoms. The molecule has 0 aromatic heterocycles. The molecule has 1 N–H and O–H groups in total. The largest absolute Gasteiger partial charge is 0.497 e. The molecule has 0 saturated carbocycles. The van der Waals surface area contributed by atoms with Crippen LogP contribution in [0.15, 0.2) is 22.7 Å². The molecular formula is C15H21BrO4.